The molecule has 6 heteroatoms. The molecular formula is C22H31N3O3. The summed E-state index contributed by atoms with van der Waals surface area (Å²) in [6, 6.07) is 3.85. The van der Waals surface area contributed by atoms with Crippen LogP contribution in [0.15, 0.2) is 22.8 Å². The van der Waals surface area contributed by atoms with Crippen molar-refractivity contribution in [1.29, 1.82) is 0 Å². The molecular weight excluding hydrogens is 354 g/mol. The fraction of sp³-hybridized carbons (Fsp3) is 0.636. The highest BCUT2D eigenvalue weighted by Crippen LogP contribution is 2.35. The molecule has 4 rings (SSSR count). The van der Waals surface area contributed by atoms with Crippen molar-refractivity contribution >= 4 is 22.9 Å². The zero-order valence-corrected chi connectivity index (χ0v) is 17.3. The van der Waals surface area contributed by atoms with E-state index in [9.17, 15) is 9.59 Å². The third-order valence-electron chi connectivity index (χ3n) is 6.83. The number of rotatable bonds is 4. The van der Waals surface area contributed by atoms with E-state index in [2.05, 4.69) is 19.2 Å². The molecule has 0 spiro atoms. The summed E-state index contributed by atoms with van der Waals surface area (Å²) in [5, 5.41) is 3.27. The Balaban J connectivity index is 1.68. The predicted molar refractivity (Wildman–Crippen MR) is 108 cm³/mol. The summed E-state index contributed by atoms with van der Waals surface area (Å²) in [6.45, 7) is 8.70. The Kier molecular flexibility index (Phi) is 4.76. The van der Waals surface area contributed by atoms with Crippen molar-refractivity contribution in [3.05, 3.63) is 24.1 Å². The Bertz CT molecular complexity index is 890. The minimum Gasteiger partial charge on any atom is -0.463 e. The summed E-state index contributed by atoms with van der Waals surface area (Å²) in [6.07, 6.45) is 6.75. The lowest BCUT2D eigenvalue weighted by molar-refractivity contribution is -0.135. The average Bonchev–Trinajstić information content (AvgIpc) is 3.25. The van der Waals surface area contributed by atoms with E-state index in [4.69, 9.17) is 4.42 Å². The topological polar surface area (TPSA) is 67.5 Å². The highest BCUT2D eigenvalue weighted by Gasteiger charge is 2.49. The molecule has 0 aromatic carbocycles. The van der Waals surface area contributed by atoms with E-state index in [0.29, 0.717) is 17.8 Å². The Labute approximate surface area is 166 Å². The number of hydrogen-bond acceptors (Lipinski definition) is 3. The van der Waals surface area contributed by atoms with Crippen LogP contribution in [0.3, 0.4) is 0 Å². The van der Waals surface area contributed by atoms with E-state index in [0.717, 1.165) is 43.5 Å². The van der Waals surface area contributed by atoms with Crippen molar-refractivity contribution < 1.29 is 14.0 Å². The molecule has 2 unspecified atom stereocenters. The van der Waals surface area contributed by atoms with E-state index < -0.39 is 5.54 Å². The lowest BCUT2D eigenvalue weighted by Gasteiger charge is -2.47. The molecule has 2 aromatic heterocycles. The second-order valence-corrected chi connectivity index (χ2v) is 8.92. The van der Waals surface area contributed by atoms with E-state index in [1.54, 1.807) is 17.2 Å². The molecule has 1 saturated carbocycles. The summed E-state index contributed by atoms with van der Waals surface area (Å²) in [4.78, 5) is 28.7. The fourth-order valence-electron chi connectivity index (χ4n) is 4.85. The SMILES string of the molecule is CCC(C)N1C(=O)c2cc3occc3n2CC1(C)C(=O)NC1CCC(C)CC1. The summed E-state index contributed by atoms with van der Waals surface area (Å²) in [5.41, 5.74) is 1.24. The van der Waals surface area contributed by atoms with Gasteiger partial charge in [0.05, 0.1) is 18.3 Å². The maximum atomic E-state index is 13.5. The average molecular weight is 386 g/mol. The monoisotopic (exact) mass is 385 g/mol. The van der Waals surface area contributed by atoms with E-state index in [-0.39, 0.29) is 23.9 Å². The first kappa shape index (κ1) is 19.1. The second kappa shape index (κ2) is 6.98. The predicted octanol–water partition coefficient (Wildman–Crippen LogP) is 3.94. The van der Waals surface area contributed by atoms with E-state index in [1.165, 1.54) is 0 Å². The van der Waals surface area contributed by atoms with Gasteiger partial charge < -0.3 is 19.2 Å². The van der Waals surface area contributed by atoms with Gasteiger partial charge >= 0.3 is 0 Å². The first-order valence-electron chi connectivity index (χ1n) is 10.6. The maximum Gasteiger partial charge on any atom is 0.271 e. The molecule has 0 bridgehead atoms. The zero-order chi connectivity index (χ0) is 20.1. The van der Waals surface area contributed by atoms with Crippen LogP contribution in [0, 0.1) is 5.92 Å². The number of nitrogens with zero attached hydrogens (tertiary/aromatic N) is 2. The van der Waals surface area contributed by atoms with E-state index >= 15 is 0 Å². The van der Waals surface area contributed by atoms with Gasteiger partial charge in [0.25, 0.3) is 5.91 Å². The molecule has 2 aliphatic rings. The minimum atomic E-state index is -0.925. The lowest BCUT2D eigenvalue weighted by Crippen LogP contribution is -2.67. The van der Waals surface area contributed by atoms with Gasteiger partial charge in [0.1, 0.15) is 11.2 Å². The van der Waals surface area contributed by atoms with Crippen molar-refractivity contribution in [1.82, 2.24) is 14.8 Å². The van der Waals surface area contributed by atoms with Gasteiger partial charge in [-0.05, 0) is 51.9 Å². The second-order valence-electron chi connectivity index (χ2n) is 8.92. The standard InChI is InChI=1S/C22H31N3O3/c1-5-15(3)25-20(26)18-12-19-17(10-11-28-19)24(18)13-22(25,4)21(27)23-16-8-6-14(2)7-9-16/h10-12,14-16H,5-9,13H2,1-4H3,(H,23,27). The summed E-state index contributed by atoms with van der Waals surface area (Å²) >= 11 is 0. The van der Waals surface area contributed by atoms with Crippen molar-refractivity contribution in [3.8, 4) is 0 Å². The number of carbonyl (C=O) groups excluding carboxylic acids is 2. The highest BCUT2D eigenvalue weighted by molar-refractivity contribution is 6.03. The molecule has 2 aromatic rings. The van der Waals surface area contributed by atoms with Crippen molar-refractivity contribution in [2.24, 2.45) is 5.92 Å². The first-order valence-corrected chi connectivity index (χ1v) is 10.6. The number of fused-ring (bicyclic) bond motifs is 3. The Hall–Kier alpha value is -2.24. The number of furan rings is 1. The van der Waals surface area contributed by atoms with Crippen LogP contribution in [0.25, 0.3) is 11.1 Å². The quantitative estimate of drug-likeness (QED) is 0.867. The number of amides is 2. The molecule has 28 heavy (non-hydrogen) atoms. The fourth-order valence-corrected chi connectivity index (χ4v) is 4.85. The zero-order valence-electron chi connectivity index (χ0n) is 17.3. The summed E-state index contributed by atoms with van der Waals surface area (Å²) in [7, 11) is 0. The molecule has 2 atom stereocenters. The summed E-state index contributed by atoms with van der Waals surface area (Å²) < 4.78 is 7.46. The highest BCUT2D eigenvalue weighted by atomic mass is 16.3. The van der Waals surface area contributed by atoms with Crippen molar-refractivity contribution in [2.45, 2.75) is 84.0 Å². The number of hydrogen-bond donors (Lipinski definition) is 1. The Morgan fingerprint density at radius 2 is 2.07 bits per heavy atom. The maximum absolute atomic E-state index is 13.5. The van der Waals surface area contributed by atoms with Crippen LogP contribution in [-0.4, -0.2) is 38.9 Å². The molecule has 0 radical (unpaired) electrons. The summed E-state index contributed by atoms with van der Waals surface area (Å²) in [5.74, 6) is 0.590. The normalized spacial score (nSPS) is 29.0. The van der Waals surface area contributed by atoms with Gasteiger partial charge in [-0.25, -0.2) is 0 Å². The smallest absolute Gasteiger partial charge is 0.271 e. The van der Waals surface area contributed by atoms with Crippen LogP contribution < -0.4 is 5.32 Å². The van der Waals surface area contributed by atoms with Crippen LogP contribution in [0.2, 0.25) is 0 Å². The van der Waals surface area contributed by atoms with Gasteiger partial charge in [-0.1, -0.05) is 13.8 Å². The molecule has 6 nitrogen and oxygen atoms in total. The number of aromatic nitrogens is 1. The molecule has 1 N–H and O–H groups in total. The van der Waals surface area contributed by atoms with Gasteiger partial charge in [-0.2, -0.15) is 0 Å². The van der Waals surface area contributed by atoms with Gasteiger partial charge in [0, 0.05) is 24.2 Å². The molecule has 3 heterocycles. The van der Waals surface area contributed by atoms with Crippen LogP contribution in [0.5, 0.6) is 0 Å². The molecule has 152 valence electrons. The minimum absolute atomic E-state index is 0.0235. The largest absolute Gasteiger partial charge is 0.463 e. The van der Waals surface area contributed by atoms with Crippen LogP contribution in [0.1, 0.15) is 70.3 Å². The van der Waals surface area contributed by atoms with Gasteiger partial charge in [-0.15, -0.1) is 0 Å². The molecule has 1 aliphatic heterocycles. The van der Waals surface area contributed by atoms with Crippen molar-refractivity contribution in [2.75, 3.05) is 0 Å². The molecule has 2 amide bonds. The molecule has 1 aliphatic carbocycles. The van der Waals surface area contributed by atoms with E-state index in [1.807, 2.05) is 24.5 Å². The van der Waals surface area contributed by atoms with Gasteiger partial charge in [0.15, 0.2) is 5.58 Å². The van der Waals surface area contributed by atoms with Gasteiger partial charge in [0.2, 0.25) is 5.91 Å². The third kappa shape index (κ3) is 2.93. The van der Waals surface area contributed by atoms with Crippen LogP contribution >= 0.6 is 0 Å². The van der Waals surface area contributed by atoms with Crippen LogP contribution in [-0.2, 0) is 11.3 Å². The first-order chi connectivity index (χ1) is 13.3. The molecule has 0 saturated heterocycles. The number of nitrogens with one attached hydrogen (secondary N) is 1. The molecule has 1 fully saturated rings. The Morgan fingerprint density at radius 1 is 1.36 bits per heavy atom. The lowest BCUT2D eigenvalue weighted by atomic mass is 9.86. The van der Waals surface area contributed by atoms with Crippen LogP contribution in [0.4, 0.5) is 0 Å². The van der Waals surface area contributed by atoms with Crippen molar-refractivity contribution in [3.63, 3.8) is 0 Å². The van der Waals surface area contributed by atoms with Gasteiger partial charge in [-0.3, -0.25) is 9.59 Å². The third-order valence-corrected chi connectivity index (χ3v) is 6.83. The number of carbonyl (C=O) groups is 2. The Morgan fingerprint density at radius 3 is 2.75 bits per heavy atom.